The second kappa shape index (κ2) is 6.55. The highest BCUT2D eigenvalue weighted by Gasteiger charge is 2.19. The highest BCUT2D eigenvalue weighted by Crippen LogP contribution is 2.40. The molecule has 110 valence electrons. The number of nitrogens with zero attached hydrogens (tertiary/aromatic N) is 1. The maximum atomic E-state index is 11.1. The Balaban J connectivity index is 2.41. The Labute approximate surface area is 138 Å². The van der Waals surface area contributed by atoms with Crippen LogP contribution in [0.2, 0.25) is 0 Å². The number of nitro groups is 1. The monoisotopic (exact) mass is 414 g/mol. The molecule has 2 N–H and O–H groups in total. The zero-order chi connectivity index (χ0) is 15.6. The molecule has 0 saturated heterocycles. The largest absolute Gasteiger partial charge is 0.448 e. The second-order valence-corrected chi connectivity index (χ2v) is 6.13. The third-order valence-corrected chi connectivity index (χ3v) is 4.08. The summed E-state index contributed by atoms with van der Waals surface area (Å²) in [7, 11) is 0. The topological polar surface area (TPSA) is 78.4 Å². The third kappa shape index (κ3) is 3.61. The van der Waals surface area contributed by atoms with E-state index in [9.17, 15) is 10.1 Å². The van der Waals surface area contributed by atoms with E-state index in [1.54, 1.807) is 18.2 Å². The number of nitro benzene ring substituents is 1. The van der Waals surface area contributed by atoms with Gasteiger partial charge < -0.3 is 10.5 Å². The molecule has 0 radical (unpaired) electrons. The van der Waals surface area contributed by atoms with Crippen LogP contribution >= 0.6 is 31.9 Å². The molecule has 0 fully saturated rings. The van der Waals surface area contributed by atoms with Gasteiger partial charge in [0, 0.05) is 12.1 Å². The van der Waals surface area contributed by atoms with Crippen LogP contribution in [0.5, 0.6) is 11.5 Å². The van der Waals surface area contributed by atoms with Crippen LogP contribution in [0.4, 0.5) is 5.69 Å². The Kier molecular flexibility index (Phi) is 4.97. The van der Waals surface area contributed by atoms with Crippen molar-refractivity contribution in [2.24, 2.45) is 5.73 Å². The zero-order valence-corrected chi connectivity index (χ0v) is 14.2. The lowest BCUT2D eigenvalue weighted by Crippen LogP contribution is -2.04. The minimum Gasteiger partial charge on any atom is -0.448 e. The van der Waals surface area contributed by atoms with E-state index in [2.05, 4.69) is 31.9 Å². The summed E-state index contributed by atoms with van der Waals surface area (Å²) < 4.78 is 6.89. The highest BCUT2D eigenvalue weighted by atomic mass is 79.9. The fraction of sp³-hybridized carbons (Fsp3) is 0.143. The fourth-order valence-corrected chi connectivity index (χ4v) is 2.65. The van der Waals surface area contributed by atoms with Crippen molar-refractivity contribution in [2.75, 3.05) is 0 Å². The van der Waals surface area contributed by atoms with E-state index in [4.69, 9.17) is 10.5 Å². The van der Waals surface area contributed by atoms with Crippen LogP contribution in [-0.4, -0.2) is 4.92 Å². The Morgan fingerprint density at radius 3 is 2.52 bits per heavy atom. The minimum absolute atomic E-state index is 0.104. The zero-order valence-electron chi connectivity index (χ0n) is 11.0. The quantitative estimate of drug-likeness (QED) is 0.567. The number of hydrogen-bond acceptors (Lipinski definition) is 4. The van der Waals surface area contributed by atoms with E-state index in [-0.39, 0.29) is 17.5 Å². The number of halogens is 2. The molecular formula is C14H12Br2N2O3. The summed E-state index contributed by atoms with van der Waals surface area (Å²) in [6.45, 7) is 1.88. The van der Waals surface area contributed by atoms with Crippen molar-refractivity contribution < 1.29 is 9.66 Å². The van der Waals surface area contributed by atoms with Gasteiger partial charge in [0.1, 0.15) is 5.75 Å². The lowest BCUT2D eigenvalue weighted by molar-refractivity contribution is -0.385. The molecule has 0 aliphatic carbocycles. The van der Waals surface area contributed by atoms with Gasteiger partial charge in [0.05, 0.1) is 13.9 Å². The molecule has 1 unspecified atom stereocenters. The summed E-state index contributed by atoms with van der Waals surface area (Å²) in [4.78, 5) is 10.6. The Morgan fingerprint density at radius 2 is 1.95 bits per heavy atom. The molecule has 2 rings (SSSR count). The van der Waals surface area contributed by atoms with Crippen molar-refractivity contribution in [3.8, 4) is 11.5 Å². The first-order valence-electron chi connectivity index (χ1n) is 6.06. The highest BCUT2D eigenvalue weighted by molar-refractivity contribution is 9.11. The van der Waals surface area contributed by atoms with Crippen LogP contribution in [-0.2, 0) is 0 Å². The summed E-state index contributed by atoms with van der Waals surface area (Å²) >= 11 is 6.66. The molecule has 2 aromatic rings. The van der Waals surface area contributed by atoms with Crippen LogP contribution in [0.1, 0.15) is 18.5 Å². The molecule has 1 atom stereocenters. The van der Waals surface area contributed by atoms with Crippen molar-refractivity contribution >= 4 is 37.5 Å². The van der Waals surface area contributed by atoms with Gasteiger partial charge >= 0.3 is 5.69 Å². The smallest absolute Gasteiger partial charge is 0.312 e. The maximum Gasteiger partial charge on any atom is 0.312 e. The van der Waals surface area contributed by atoms with Crippen LogP contribution in [0.3, 0.4) is 0 Å². The molecule has 0 amide bonds. The summed E-state index contributed by atoms with van der Waals surface area (Å²) in [5, 5.41) is 11.1. The lowest BCUT2D eigenvalue weighted by Gasteiger charge is -2.12. The molecule has 0 aliphatic rings. The normalized spacial score (nSPS) is 12.0. The molecule has 0 spiro atoms. The first kappa shape index (κ1) is 15.9. The number of nitrogens with two attached hydrogens (primary N) is 1. The first-order chi connectivity index (χ1) is 9.90. The van der Waals surface area contributed by atoms with Crippen molar-refractivity contribution in [3.63, 3.8) is 0 Å². The van der Waals surface area contributed by atoms with E-state index >= 15 is 0 Å². The van der Waals surface area contributed by atoms with E-state index in [0.717, 1.165) is 5.56 Å². The van der Waals surface area contributed by atoms with Gasteiger partial charge in [-0.05, 0) is 62.5 Å². The molecule has 5 nitrogen and oxygen atoms in total. The second-order valence-electron chi connectivity index (χ2n) is 4.43. The summed E-state index contributed by atoms with van der Waals surface area (Å²) in [6.07, 6.45) is 0. The molecule has 7 heteroatoms. The Hall–Kier alpha value is -1.44. The average molecular weight is 416 g/mol. The van der Waals surface area contributed by atoms with Gasteiger partial charge in [-0.2, -0.15) is 0 Å². The van der Waals surface area contributed by atoms with E-state index in [1.807, 2.05) is 19.1 Å². The predicted molar refractivity (Wildman–Crippen MR) is 87.6 cm³/mol. The van der Waals surface area contributed by atoms with Gasteiger partial charge in [-0.3, -0.25) is 10.1 Å². The SMILES string of the molecule is CC(N)c1ccc(Oc2c(Br)cccc2[N+](=O)[O-])c(Br)c1. The first-order valence-corrected chi connectivity index (χ1v) is 7.64. The summed E-state index contributed by atoms with van der Waals surface area (Å²) in [6, 6.07) is 9.95. The molecule has 0 heterocycles. The van der Waals surface area contributed by atoms with Gasteiger partial charge in [0.25, 0.3) is 0 Å². The van der Waals surface area contributed by atoms with Gasteiger partial charge in [0.2, 0.25) is 5.75 Å². The van der Waals surface area contributed by atoms with Crippen molar-refractivity contribution in [3.05, 3.63) is 61.0 Å². The number of para-hydroxylation sites is 1. The number of hydrogen-bond donors (Lipinski definition) is 1. The number of benzene rings is 2. The molecule has 2 aromatic carbocycles. The van der Waals surface area contributed by atoms with Crippen LogP contribution in [0.15, 0.2) is 45.3 Å². The number of rotatable bonds is 4. The van der Waals surface area contributed by atoms with Crippen molar-refractivity contribution in [1.82, 2.24) is 0 Å². The van der Waals surface area contributed by atoms with Crippen LogP contribution in [0, 0.1) is 10.1 Å². The van der Waals surface area contributed by atoms with Gasteiger partial charge in [0.15, 0.2) is 0 Å². The van der Waals surface area contributed by atoms with E-state index in [0.29, 0.717) is 14.7 Å². The van der Waals surface area contributed by atoms with E-state index in [1.165, 1.54) is 6.07 Å². The molecule has 0 saturated carbocycles. The summed E-state index contributed by atoms with van der Waals surface area (Å²) in [5.74, 6) is 0.645. The third-order valence-electron chi connectivity index (χ3n) is 2.84. The summed E-state index contributed by atoms with van der Waals surface area (Å²) in [5.41, 5.74) is 6.65. The molecule has 0 bridgehead atoms. The predicted octanol–water partition coefficient (Wildman–Crippen LogP) is 4.93. The van der Waals surface area contributed by atoms with Crippen molar-refractivity contribution in [1.29, 1.82) is 0 Å². The molecule has 21 heavy (non-hydrogen) atoms. The Morgan fingerprint density at radius 1 is 1.24 bits per heavy atom. The minimum atomic E-state index is -0.482. The molecular weight excluding hydrogens is 404 g/mol. The standard InChI is InChI=1S/C14H12Br2N2O3/c1-8(17)9-5-6-13(11(16)7-9)21-14-10(15)3-2-4-12(14)18(19)20/h2-8H,17H2,1H3. The number of ether oxygens (including phenoxy) is 1. The lowest BCUT2D eigenvalue weighted by atomic mass is 10.1. The van der Waals surface area contributed by atoms with Crippen molar-refractivity contribution in [2.45, 2.75) is 13.0 Å². The van der Waals surface area contributed by atoms with E-state index < -0.39 is 4.92 Å². The molecule has 0 aromatic heterocycles. The maximum absolute atomic E-state index is 11.1. The van der Waals surface area contributed by atoms with Crippen LogP contribution < -0.4 is 10.5 Å². The molecule has 0 aliphatic heterocycles. The van der Waals surface area contributed by atoms with Crippen LogP contribution in [0.25, 0.3) is 0 Å². The average Bonchev–Trinajstić information content (AvgIpc) is 2.42. The van der Waals surface area contributed by atoms with Gasteiger partial charge in [-0.15, -0.1) is 0 Å². The fourth-order valence-electron chi connectivity index (χ4n) is 1.74. The van der Waals surface area contributed by atoms with Gasteiger partial charge in [-0.1, -0.05) is 12.1 Å². The Bertz CT molecular complexity index is 690. The van der Waals surface area contributed by atoms with Gasteiger partial charge in [-0.25, -0.2) is 0 Å².